The van der Waals surface area contributed by atoms with Gasteiger partial charge < -0.3 is 4.74 Å². The van der Waals surface area contributed by atoms with Crippen LogP contribution in [0, 0.1) is 6.92 Å². The molecule has 0 aliphatic heterocycles. The van der Waals surface area contributed by atoms with Crippen LogP contribution in [-0.2, 0) is 0 Å². The number of hydrogen-bond donors (Lipinski definition) is 0. The Morgan fingerprint density at radius 3 is 2.35 bits per heavy atom. The van der Waals surface area contributed by atoms with E-state index in [9.17, 15) is 0 Å². The van der Waals surface area contributed by atoms with Gasteiger partial charge in [-0.05, 0) is 24.6 Å². The van der Waals surface area contributed by atoms with E-state index in [-0.39, 0.29) is 0 Å². The van der Waals surface area contributed by atoms with Crippen LogP contribution < -0.4 is 4.74 Å². The Balaban J connectivity index is 0.00000121. The first-order chi connectivity index (χ1) is 8.22. The van der Waals surface area contributed by atoms with Gasteiger partial charge in [0.2, 0.25) is 0 Å². The van der Waals surface area contributed by atoms with Gasteiger partial charge in [-0.3, -0.25) is 0 Å². The van der Waals surface area contributed by atoms with Gasteiger partial charge in [-0.15, -0.1) is 0 Å². The lowest BCUT2D eigenvalue weighted by atomic mass is 10.2. The molecular formula is C16H22O. The summed E-state index contributed by atoms with van der Waals surface area (Å²) in [6.45, 7) is 14.0. The topological polar surface area (TPSA) is 9.23 Å². The summed E-state index contributed by atoms with van der Waals surface area (Å²) in [5.41, 5.74) is 2.16. The molecule has 0 amide bonds. The zero-order valence-corrected chi connectivity index (χ0v) is 11.1. The molecule has 1 aromatic rings. The predicted octanol–water partition coefficient (Wildman–Crippen LogP) is 4.70. The van der Waals surface area contributed by atoms with Gasteiger partial charge in [0.05, 0.1) is 0 Å². The highest BCUT2D eigenvalue weighted by atomic mass is 16.5. The van der Waals surface area contributed by atoms with Crippen molar-refractivity contribution in [2.45, 2.75) is 20.8 Å². The fourth-order valence-electron chi connectivity index (χ4n) is 1.06. The number of aryl methyl sites for hydroxylation is 1. The van der Waals surface area contributed by atoms with Crippen molar-refractivity contribution in [2.75, 3.05) is 6.61 Å². The molecule has 0 atom stereocenters. The molecule has 0 fully saturated rings. The third-order valence-electron chi connectivity index (χ3n) is 1.91. The van der Waals surface area contributed by atoms with Gasteiger partial charge in [0.25, 0.3) is 0 Å². The number of rotatable bonds is 5. The third-order valence-corrected chi connectivity index (χ3v) is 1.91. The van der Waals surface area contributed by atoms with E-state index in [1.807, 2.05) is 50.3 Å². The summed E-state index contributed by atoms with van der Waals surface area (Å²) in [7, 11) is 0. The molecule has 0 saturated heterocycles. The second-order valence-electron chi connectivity index (χ2n) is 3.35. The largest absolute Gasteiger partial charge is 0.489 e. The molecule has 0 aliphatic rings. The van der Waals surface area contributed by atoms with Gasteiger partial charge in [-0.2, -0.15) is 0 Å². The highest BCUT2D eigenvalue weighted by Gasteiger charge is 1.93. The van der Waals surface area contributed by atoms with Crippen LogP contribution in [0.5, 0.6) is 5.75 Å². The molecule has 1 heteroatoms. The number of benzene rings is 1. The van der Waals surface area contributed by atoms with Gasteiger partial charge in [0, 0.05) is 0 Å². The van der Waals surface area contributed by atoms with Gasteiger partial charge in [-0.25, -0.2) is 0 Å². The van der Waals surface area contributed by atoms with E-state index >= 15 is 0 Å². The molecule has 92 valence electrons. The van der Waals surface area contributed by atoms with E-state index in [2.05, 4.69) is 20.1 Å². The fraction of sp³-hybridized carbons (Fsp3) is 0.250. The van der Waals surface area contributed by atoms with Crippen LogP contribution in [-0.4, -0.2) is 6.61 Å². The van der Waals surface area contributed by atoms with Crippen molar-refractivity contribution < 1.29 is 4.74 Å². The highest BCUT2D eigenvalue weighted by Crippen LogP contribution is 2.12. The summed E-state index contributed by atoms with van der Waals surface area (Å²) >= 11 is 0. The third kappa shape index (κ3) is 7.18. The van der Waals surface area contributed by atoms with Crippen LogP contribution in [0.15, 0.2) is 61.2 Å². The Hall–Kier alpha value is -1.76. The molecule has 0 spiro atoms. The van der Waals surface area contributed by atoms with Crippen LogP contribution in [0.1, 0.15) is 19.4 Å². The molecule has 0 heterocycles. The maximum absolute atomic E-state index is 5.53. The lowest BCUT2D eigenvalue weighted by Crippen LogP contribution is -1.98. The molecule has 17 heavy (non-hydrogen) atoms. The fourth-order valence-corrected chi connectivity index (χ4v) is 1.06. The highest BCUT2D eigenvalue weighted by molar-refractivity contribution is 5.27. The smallest absolute Gasteiger partial charge is 0.119 e. The Morgan fingerprint density at radius 2 is 1.82 bits per heavy atom. The van der Waals surface area contributed by atoms with Crippen molar-refractivity contribution in [3.05, 3.63) is 66.8 Å². The molecule has 1 nitrogen and oxygen atoms in total. The van der Waals surface area contributed by atoms with Crippen molar-refractivity contribution in [1.29, 1.82) is 0 Å². The Bertz CT molecular complexity index is 358. The van der Waals surface area contributed by atoms with Gasteiger partial charge in [0.15, 0.2) is 0 Å². The summed E-state index contributed by atoms with van der Waals surface area (Å²) in [6.07, 6.45) is 5.46. The van der Waals surface area contributed by atoms with Crippen molar-refractivity contribution in [3.8, 4) is 5.75 Å². The monoisotopic (exact) mass is 230 g/mol. The summed E-state index contributed by atoms with van der Waals surface area (Å²) in [5.74, 6) is 0.869. The first kappa shape index (κ1) is 15.2. The zero-order valence-electron chi connectivity index (χ0n) is 11.1. The minimum Gasteiger partial charge on any atom is -0.489 e. The van der Waals surface area contributed by atoms with Gasteiger partial charge in [0.1, 0.15) is 12.4 Å². The lowest BCUT2D eigenvalue weighted by Gasteiger charge is -2.05. The average Bonchev–Trinajstić information content (AvgIpc) is 2.38. The van der Waals surface area contributed by atoms with Crippen LogP contribution in [0.4, 0.5) is 0 Å². The minimum absolute atomic E-state index is 0.507. The zero-order chi connectivity index (χ0) is 13.1. The van der Waals surface area contributed by atoms with E-state index in [1.54, 1.807) is 6.08 Å². The predicted molar refractivity (Wildman–Crippen MR) is 76.5 cm³/mol. The molecule has 1 rings (SSSR count). The van der Waals surface area contributed by atoms with Crippen LogP contribution in [0.2, 0.25) is 0 Å². The molecule has 0 saturated carbocycles. The number of ether oxygens (including phenoxy) is 1. The second kappa shape index (κ2) is 9.46. The standard InChI is InChI=1S/C14H16O.C2H6/c1-4-5-6-13(3)11-15-14-9-7-12(2)8-10-14;1-2/h4-10H,1,3,11H2,2H3;1-2H3/b6-5-;. The van der Waals surface area contributed by atoms with Crippen LogP contribution >= 0.6 is 0 Å². The van der Waals surface area contributed by atoms with Crippen LogP contribution in [0.25, 0.3) is 0 Å². The number of hydrogen-bond acceptors (Lipinski definition) is 1. The minimum atomic E-state index is 0.507. The average molecular weight is 230 g/mol. The quantitative estimate of drug-likeness (QED) is 0.666. The maximum Gasteiger partial charge on any atom is 0.119 e. The second-order valence-corrected chi connectivity index (χ2v) is 3.35. The number of allylic oxidation sites excluding steroid dienone is 2. The van der Waals surface area contributed by atoms with Crippen molar-refractivity contribution >= 4 is 0 Å². The van der Waals surface area contributed by atoms with Gasteiger partial charge >= 0.3 is 0 Å². The molecule has 1 aromatic carbocycles. The summed E-state index contributed by atoms with van der Waals surface area (Å²) in [6, 6.07) is 7.97. The molecular weight excluding hydrogens is 208 g/mol. The molecule has 0 aromatic heterocycles. The van der Waals surface area contributed by atoms with Crippen LogP contribution in [0.3, 0.4) is 0 Å². The molecule has 0 unspecified atom stereocenters. The van der Waals surface area contributed by atoms with Crippen molar-refractivity contribution in [2.24, 2.45) is 0 Å². The Labute approximate surface area is 105 Å². The van der Waals surface area contributed by atoms with E-state index in [4.69, 9.17) is 4.74 Å². The lowest BCUT2D eigenvalue weighted by molar-refractivity contribution is 0.356. The summed E-state index contributed by atoms with van der Waals surface area (Å²) in [5, 5.41) is 0. The molecule has 0 bridgehead atoms. The molecule has 0 radical (unpaired) electrons. The normalized spacial score (nSPS) is 9.35. The van der Waals surface area contributed by atoms with E-state index in [0.29, 0.717) is 6.61 Å². The van der Waals surface area contributed by atoms with E-state index in [0.717, 1.165) is 11.3 Å². The Kier molecular flexibility index (Phi) is 8.48. The Morgan fingerprint density at radius 1 is 1.24 bits per heavy atom. The maximum atomic E-state index is 5.53. The van der Waals surface area contributed by atoms with Crippen molar-refractivity contribution in [1.82, 2.24) is 0 Å². The first-order valence-corrected chi connectivity index (χ1v) is 5.88. The van der Waals surface area contributed by atoms with Crippen molar-refractivity contribution in [3.63, 3.8) is 0 Å². The summed E-state index contributed by atoms with van der Waals surface area (Å²) < 4.78 is 5.53. The van der Waals surface area contributed by atoms with E-state index < -0.39 is 0 Å². The molecule has 0 aliphatic carbocycles. The van der Waals surface area contributed by atoms with E-state index in [1.165, 1.54) is 5.56 Å². The van der Waals surface area contributed by atoms with Gasteiger partial charge in [-0.1, -0.05) is 62.9 Å². The molecule has 0 N–H and O–H groups in total. The summed E-state index contributed by atoms with van der Waals surface area (Å²) in [4.78, 5) is 0. The first-order valence-electron chi connectivity index (χ1n) is 5.88. The SMILES string of the molecule is C=C/C=C\C(=C)COc1ccc(C)cc1.CC.